The molecule has 1 aliphatic heterocycles. The number of methoxy groups -OCH3 is 2. The van der Waals surface area contributed by atoms with Crippen LogP contribution in [-0.4, -0.2) is 38.5 Å². The lowest BCUT2D eigenvalue weighted by Crippen LogP contribution is -2.44. The largest absolute Gasteiger partial charge is 0.467 e. The molecule has 0 aromatic heterocycles. The number of carbonyl (C=O) groups is 2. The summed E-state index contributed by atoms with van der Waals surface area (Å²) in [5.41, 5.74) is 0.406. The fraction of sp³-hybridized carbons (Fsp3) is 0.667. The molecule has 0 bridgehead atoms. The van der Waals surface area contributed by atoms with Crippen molar-refractivity contribution in [3.05, 3.63) is 10.2 Å². The monoisotopic (exact) mass is 335 g/mol. The smallest absolute Gasteiger partial charge is 0.349 e. The van der Waals surface area contributed by atoms with Crippen LogP contribution in [0.2, 0.25) is 0 Å². The standard InChI is InChI=1S/C12H18BrNO5/c1-5-6(2)8(11(16)17-3)14-9-7(13)10(15)19-12(9)18-4/h6,8,12,14H,5H2,1-4H3/t6-,8-,12-/m0/s1. The third-order valence-corrected chi connectivity index (χ3v) is 3.81. The third-order valence-electron chi connectivity index (χ3n) is 3.06. The highest BCUT2D eigenvalue weighted by Gasteiger charge is 2.37. The van der Waals surface area contributed by atoms with Gasteiger partial charge in [-0.1, -0.05) is 20.3 Å². The molecule has 0 fully saturated rings. The van der Waals surface area contributed by atoms with Gasteiger partial charge in [0.15, 0.2) is 0 Å². The Balaban J connectivity index is 2.95. The molecule has 1 rings (SSSR count). The Morgan fingerprint density at radius 1 is 1.53 bits per heavy atom. The van der Waals surface area contributed by atoms with Crippen molar-refractivity contribution in [1.82, 2.24) is 5.32 Å². The van der Waals surface area contributed by atoms with E-state index in [1.165, 1.54) is 14.2 Å². The summed E-state index contributed by atoms with van der Waals surface area (Å²) in [6.45, 7) is 3.89. The summed E-state index contributed by atoms with van der Waals surface area (Å²) in [5, 5.41) is 2.99. The van der Waals surface area contributed by atoms with Crippen LogP contribution in [0.15, 0.2) is 10.2 Å². The summed E-state index contributed by atoms with van der Waals surface area (Å²) in [6.07, 6.45) is -0.0532. The zero-order valence-corrected chi connectivity index (χ0v) is 12.9. The number of rotatable bonds is 6. The van der Waals surface area contributed by atoms with Crippen molar-refractivity contribution >= 4 is 27.9 Å². The Bertz CT molecular complexity index is 396. The first-order valence-electron chi connectivity index (χ1n) is 5.94. The highest BCUT2D eigenvalue weighted by atomic mass is 79.9. The number of cyclic esters (lactones) is 1. The highest BCUT2D eigenvalue weighted by Crippen LogP contribution is 2.27. The van der Waals surface area contributed by atoms with E-state index in [1.807, 2.05) is 13.8 Å². The Hall–Kier alpha value is -1.08. The average molecular weight is 336 g/mol. The molecule has 0 spiro atoms. The van der Waals surface area contributed by atoms with Gasteiger partial charge in [0.2, 0.25) is 6.29 Å². The normalized spacial score (nSPS) is 21.9. The van der Waals surface area contributed by atoms with E-state index in [2.05, 4.69) is 21.2 Å². The number of esters is 2. The highest BCUT2D eigenvalue weighted by molar-refractivity contribution is 9.12. The van der Waals surface area contributed by atoms with Crippen LogP contribution in [0.5, 0.6) is 0 Å². The summed E-state index contributed by atoms with van der Waals surface area (Å²) in [5.74, 6) is -0.882. The Morgan fingerprint density at radius 2 is 2.16 bits per heavy atom. The van der Waals surface area contributed by atoms with E-state index >= 15 is 0 Å². The molecular weight excluding hydrogens is 318 g/mol. The molecule has 0 saturated heterocycles. The molecule has 3 atom stereocenters. The van der Waals surface area contributed by atoms with E-state index in [-0.39, 0.29) is 10.4 Å². The molecule has 7 heteroatoms. The van der Waals surface area contributed by atoms with Gasteiger partial charge in [0.25, 0.3) is 0 Å². The second kappa shape index (κ2) is 6.91. The Morgan fingerprint density at radius 3 is 2.63 bits per heavy atom. The fourth-order valence-electron chi connectivity index (χ4n) is 1.68. The lowest BCUT2D eigenvalue weighted by molar-refractivity contribution is -0.156. The van der Waals surface area contributed by atoms with E-state index in [0.717, 1.165) is 6.42 Å². The first-order valence-corrected chi connectivity index (χ1v) is 6.73. The maximum absolute atomic E-state index is 11.8. The molecule has 1 N–H and O–H groups in total. The van der Waals surface area contributed by atoms with Gasteiger partial charge in [-0.15, -0.1) is 0 Å². The lowest BCUT2D eigenvalue weighted by Gasteiger charge is -2.24. The van der Waals surface area contributed by atoms with Crippen molar-refractivity contribution < 1.29 is 23.8 Å². The van der Waals surface area contributed by atoms with Crippen molar-refractivity contribution in [3.8, 4) is 0 Å². The third kappa shape index (κ3) is 3.48. The predicted octanol–water partition coefficient (Wildman–Crippen LogP) is 1.30. The van der Waals surface area contributed by atoms with Crippen molar-refractivity contribution in [1.29, 1.82) is 0 Å². The summed E-state index contributed by atoms with van der Waals surface area (Å²) in [6, 6.07) is -0.565. The first-order chi connectivity index (χ1) is 8.96. The van der Waals surface area contributed by atoms with Gasteiger partial charge in [-0.3, -0.25) is 0 Å². The molecule has 0 aromatic rings. The van der Waals surface area contributed by atoms with E-state index in [4.69, 9.17) is 14.2 Å². The summed E-state index contributed by atoms with van der Waals surface area (Å²) in [4.78, 5) is 23.2. The van der Waals surface area contributed by atoms with Crippen LogP contribution < -0.4 is 5.32 Å². The van der Waals surface area contributed by atoms with E-state index < -0.39 is 24.3 Å². The molecule has 6 nitrogen and oxygen atoms in total. The van der Waals surface area contributed by atoms with Gasteiger partial charge < -0.3 is 19.5 Å². The molecule has 1 aliphatic rings. The minimum Gasteiger partial charge on any atom is -0.467 e. The van der Waals surface area contributed by atoms with Crippen LogP contribution in [0.4, 0.5) is 0 Å². The maximum atomic E-state index is 11.8. The van der Waals surface area contributed by atoms with Crippen molar-refractivity contribution in [3.63, 3.8) is 0 Å². The van der Waals surface area contributed by atoms with Crippen molar-refractivity contribution in [2.75, 3.05) is 14.2 Å². The van der Waals surface area contributed by atoms with Crippen LogP contribution in [0, 0.1) is 5.92 Å². The van der Waals surface area contributed by atoms with Gasteiger partial charge in [0.1, 0.15) is 16.2 Å². The van der Waals surface area contributed by atoms with Gasteiger partial charge >= 0.3 is 11.9 Å². The molecule has 0 aromatic carbocycles. The molecule has 0 saturated carbocycles. The topological polar surface area (TPSA) is 73.9 Å². The zero-order chi connectivity index (χ0) is 14.6. The van der Waals surface area contributed by atoms with Crippen LogP contribution in [-0.2, 0) is 23.8 Å². The van der Waals surface area contributed by atoms with Gasteiger partial charge in [-0.2, -0.15) is 0 Å². The number of carbonyl (C=O) groups excluding carboxylic acids is 2. The molecule has 0 amide bonds. The average Bonchev–Trinajstić information content (AvgIpc) is 2.70. The van der Waals surface area contributed by atoms with Gasteiger partial charge in [-0.05, 0) is 21.8 Å². The number of halogens is 1. The quantitative estimate of drug-likeness (QED) is 0.737. The molecule has 0 radical (unpaired) electrons. The molecular formula is C12H18BrNO5. The van der Waals surface area contributed by atoms with Crippen molar-refractivity contribution in [2.24, 2.45) is 5.92 Å². The molecule has 19 heavy (non-hydrogen) atoms. The minimum atomic E-state index is -0.835. The summed E-state index contributed by atoms with van der Waals surface area (Å²) >= 11 is 3.13. The van der Waals surface area contributed by atoms with Crippen LogP contribution in [0.1, 0.15) is 20.3 Å². The fourth-order valence-corrected chi connectivity index (χ4v) is 2.08. The Kier molecular flexibility index (Phi) is 5.81. The van der Waals surface area contributed by atoms with Gasteiger partial charge in [0.05, 0.1) is 7.11 Å². The van der Waals surface area contributed by atoms with Crippen molar-refractivity contribution in [2.45, 2.75) is 32.6 Å². The van der Waals surface area contributed by atoms with Gasteiger partial charge in [0, 0.05) is 7.11 Å². The van der Waals surface area contributed by atoms with E-state index in [0.29, 0.717) is 5.70 Å². The molecule has 0 aliphatic carbocycles. The summed E-state index contributed by atoms with van der Waals surface area (Å²) < 4.78 is 15.0. The number of ether oxygens (including phenoxy) is 3. The number of hydrogen-bond acceptors (Lipinski definition) is 6. The Labute approximate surface area is 120 Å². The van der Waals surface area contributed by atoms with Crippen LogP contribution >= 0.6 is 15.9 Å². The van der Waals surface area contributed by atoms with Crippen LogP contribution in [0.25, 0.3) is 0 Å². The second-order valence-corrected chi connectivity index (χ2v) is 5.02. The minimum absolute atomic E-state index is 0.0356. The van der Waals surface area contributed by atoms with E-state index in [9.17, 15) is 9.59 Å². The maximum Gasteiger partial charge on any atom is 0.349 e. The van der Waals surface area contributed by atoms with Crippen LogP contribution in [0.3, 0.4) is 0 Å². The second-order valence-electron chi connectivity index (χ2n) is 4.23. The van der Waals surface area contributed by atoms with Gasteiger partial charge in [-0.25, -0.2) is 9.59 Å². The molecule has 108 valence electrons. The SMILES string of the molecule is CC[C@H](C)[C@H](NC1=C(Br)C(=O)O[C@@H]1OC)C(=O)OC. The first kappa shape index (κ1) is 16.0. The van der Waals surface area contributed by atoms with E-state index in [1.54, 1.807) is 0 Å². The number of nitrogens with one attached hydrogen (secondary N) is 1. The summed E-state index contributed by atoms with van der Waals surface area (Å²) in [7, 11) is 2.74. The lowest BCUT2D eigenvalue weighted by atomic mass is 9.99. The predicted molar refractivity (Wildman–Crippen MR) is 71.2 cm³/mol. The molecule has 0 unspecified atom stereocenters. The number of hydrogen-bond donors (Lipinski definition) is 1. The zero-order valence-electron chi connectivity index (χ0n) is 11.4. The molecule has 1 heterocycles.